The zero-order valence-corrected chi connectivity index (χ0v) is 13.8. The van der Waals surface area contributed by atoms with E-state index >= 15 is 0 Å². The first kappa shape index (κ1) is 14.8. The summed E-state index contributed by atoms with van der Waals surface area (Å²) in [6.45, 7) is 6.18. The fourth-order valence-corrected chi connectivity index (χ4v) is 5.08. The van der Waals surface area contributed by atoms with Crippen LogP contribution < -0.4 is 0 Å². The number of fused-ring (bicyclic) bond motifs is 2. The molecule has 0 bridgehead atoms. The number of likely N-dealkylation sites (tertiary alicyclic amines) is 1. The molecular weight excluding hydrogens is 288 g/mol. The molecule has 2 aromatic rings. The molecule has 2 N–H and O–H groups in total. The standard InChI is InChI=1S/C19H24N2O2/c1-18(2)10-19(12-22)11-21(9-16(18)19)17(23)7-13-8-20-15-6-4-3-5-14(13)15/h3-6,8,16,20,22H,7,9-12H2,1-2H3/t16-,19-/m1/s1. The SMILES string of the molecule is CC1(C)C[C@]2(CO)CN(C(=O)Cc3c[nH]c4ccccc34)C[C@H]12. The average molecular weight is 312 g/mol. The van der Waals surface area contributed by atoms with Gasteiger partial charge in [0.15, 0.2) is 0 Å². The summed E-state index contributed by atoms with van der Waals surface area (Å²) in [6.07, 6.45) is 3.38. The quantitative estimate of drug-likeness (QED) is 0.915. The first-order valence-corrected chi connectivity index (χ1v) is 8.39. The Hall–Kier alpha value is -1.81. The lowest BCUT2D eigenvalue weighted by Crippen LogP contribution is -2.54. The Morgan fingerprint density at radius 1 is 1.39 bits per heavy atom. The molecule has 4 heteroatoms. The van der Waals surface area contributed by atoms with Crippen LogP contribution in [0.15, 0.2) is 30.5 Å². The van der Waals surface area contributed by atoms with Crippen molar-refractivity contribution in [1.29, 1.82) is 0 Å². The van der Waals surface area contributed by atoms with Gasteiger partial charge in [-0.1, -0.05) is 32.0 Å². The lowest BCUT2D eigenvalue weighted by Gasteiger charge is -2.55. The maximum absolute atomic E-state index is 12.8. The minimum atomic E-state index is -0.0562. The summed E-state index contributed by atoms with van der Waals surface area (Å²) in [4.78, 5) is 18.0. The molecule has 1 aliphatic heterocycles. The maximum atomic E-state index is 12.8. The van der Waals surface area contributed by atoms with E-state index in [9.17, 15) is 9.90 Å². The number of nitrogens with one attached hydrogen (secondary N) is 1. The monoisotopic (exact) mass is 312 g/mol. The smallest absolute Gasteiger partial charge is 0.227 e. The van der Waals surface area contributed by atoms with E-state index in [0.717, 1.165) is 29.4 Å². The number of carbonyl (C=O) groups is 1. The molecule has 0 spiro atoms. The highest BCUT2D eigenvalue weighted by Crippen LogP contribution is 2.62. The van der Waals surface area contributed by atoms with Crippen LogP contribution in [0.5, 0.6) is 0 Å². The number of benzene rings is 1. The third-order valence-electron chi connectivity index (χ3n) is 6.08. The molecule has 23 heavy (non-hydrogen) atoms. The Kier molecular flexibility index (Phi) is 3.11. The topological polar surface area (TPSA) is 56.3 Å². The zero-order valence-electron chi connectivity index (χ0n) is 13.8. The van der Waals surface area contributed by atoms with E-state index in [4.69, 9.17) is 0 Å². The minimum Gasteiger partial charge on any atom is -0.396 e. The molecule has 122 valence electrons. The van der Waals surface area contributed by atoms with Crippen LogP contribution in [-0.2, 0) is 11.2 Å². The third kappa shape index (κ3) is 2.12. The Labute approximate surface area is 136 Å². The van der Waals surface area contributed by atoms with E-state index in [1.54, 1.807) is 0 Å². The van der Waals surface area contributed by atoms with Gasteiger partial charge < -0.3 is 15.0 Å². The normalized spacial score (nSPS) is 28.7. The van der Waals surface area contributed by atoms with E-state index in [-0.39, 0.29) is 23.3 Å². The molecular formula is C19H24N2O2. The summed E-state index contributed by atoms with van der Waals surface area (Å²) >= 11 is 0. The predicted molar refractivity (Wildman–Crippen MR) is 90.0 cm³/mol. The predicted octanol–water partition coefficient (Wildman–Crippen LogP) is 2.58. The van der Waals surface area contributed by atoms with E-state index in [1.807, 2.05) is 29.3 Å². The van der Waals surface area contributed by atoms with Crippen molar-refractivity contribution in [3.05, 3.63) is 36.0 Å². The van der Waals surface area contributed by atoms with Crippen LogP contribution in [0, 0.1) is 16.7 Å². The van der Waals surface area contributed by atoms with Crippen LogP contribution in [0.2, 0.25) is 0 Å². The second-order valence-electron chi connectivity index (χ2n) is 8.05. The molecule has 1 aliphatic carbocycles. The number of hydrogen-bond donors (Lipinski definition) is 2. The van der Waals surface area contributed by atoms with E-state index in [1.165, 1.54) is 0 Å². The molecule has 0 unspecified atom stereocenters. The minimum absolute atomic E-state index is 0.0562. The number of aliphatic hydroxyl groups is 1. The second kappa shape index (κ2) is 4.84. The lowest BCUT2D eigenvalue weighted by atomic mass is 9.48. The number of H-pyrrole nitrogens is 1. The van der Waals surface area contributed by atoms with Crippen LogP contribution in [0.25, 0.3) is 10.9 Å². The van der Waals surface area contributed by atoms with Crippen molar-refractivity contribution < 1.29 is 9.90 Å². The zero-order chi connectivity index (χ0) is 16.2. The van der Waals surface area contributed by atoms with Gasteiger partial charge in [0.1, 0.15) is 0 Å². The number of carbonyl (C=O) groups excluding carboxylic acids is 1. The molecule has 0 radical (unpaired) electrons. The molecule has 1 aromatic carbocycles. The summed E-state index contributed by atoms with van der Waals surface area (Å²) in [6, 6.07) is 8.09. The summed E-state index contributed by atoms with van der Waals surface area (Å²) < 4.78 is 0. The van der Waals surface area contributed by atoms with E-state index < -0.39 is 0 Å². The van der Waals surface area contributed by atoms with Gasteiger partial charge in [0.2, 0.25) is 5.91 Å². The molecule has 4 rings (SSSR count). The van der Waals surface area contributed by atoms with Crippen LogP contribution >= 0.6 is 0 Å². The van der Waals surface area contributed by atoms with Gasteiger partial charge in [-0.3, -0.25) is 4.79 Å². The van der Waals surface area contributed by atoms with Crippen molar-refractivity contribution in [3.63, 3.8) is 0 Å². The molecule has 1 saturated carbocycles. The van der Waals surface area contributed by atoms with Crippen molar-refractivity contribution in [2.75, 3.05) is 19.7 Å². The molecule has 1 saturated heterocycles. The fourth-order valence-electron chi connectivity index (χ4n) is 5.08. The van der Waals surface area contributed by atoms with Crippen molar-refractivity contribution in [2.45, 2.75) is 26.7 Å². The highest BCUT2D eigenvalue weighted by Gasteiger charge is 2.62. The summed E-state index contributed by atoms with van der Waals surface area (Å²) in [5.41, 5.74) is 2.31. The Bertz CT molecular complexity index is 764. The number of amides is 1. The first-order valence-electron chi connectivity index (χ1n) is 8.39. The molecule has 1 amide bonds. The van der Waals surface area contributed by atoms with Gasteiger partial charge in [0.05, 0.1) is 13.0 Å². The van der Waals surface area contributed by atoms with Crippen molar-refractivity contribution >= 4 is 16.8 Å². The fraction of sp³-hybridized carbons (Fsp3) is 0.526. The maximum Gasteiger partial charge on any atom is 0.227 e. The molecule has 1 aromatic heterocycles. The average Bonchev–Trinajstić information content (AvgIpc) is 3.07. The van der Waals surface area contributed by atoms with Crippen molar-refractivity contribution in [1.82, 2.24) is 9.88 Å². The summed E-state index contributed by atoms with van der Waals surface area (Å²) in [5.74, 6) is 0.597. The van der Waals surface area contributed by atoms with Crippen LogP contribution in [0.4, 0.5) is 0 Å². The molecule has 2 heterocycles. The molecule has 4 nitrogen and oxygen atoms in total. The van der Waals surface area contributed by atoms with Gasteiger partial charge in [-0.25, -0.2) is 0 Å². The van der Waals surface area contributed by atoms with Crippen molar-refractivity contribution in [2.24, 2.45) is 16.7 Å². The Morgan fingerprint density at radius 3 is 2.87 bits per heavy atom. The summed E-state index contributed by atoms with van der Waals surface area (Å²) in [7, 11) is 0. The second-order valence-corrected chi connectivity index (χ2v) is 8.05. The van der Waals surface area contributed by atoms with E-state index in [2.05, 4.69) is 24.9 Å². The third-order valence-corrected chi connectivity index (χ3v) is 6.08. The van der Waals surface area contributed by atoms with Gasteiger partial charge in [-0.15, -0.1) is 0 Å². The van der Waals surface area contributed by atoms with Crippen LogP contribution in [-0.4, -0.2) is 40.6 Å². The van der Waals surface area contributed by atoms with Crippen LogP contribution in [0.3, 0.4) is 0 Å². The largest absolute Gasteiger partial charge is 0.396 e. The summed E-state index contributed by atoms with van der Waals surface area (Å²) in [5, 5.41) is 11.0. The molecule has 2 atom stereocenters. The number of para-hydroxylation sites is 1. The Balaban J connectivity index is 1.52. The van der Waals surface area contributed by atoms with Crippen molar-refractivity contribution in [3.8, 4) is 0 Å². The van der Waals surface area contributed by atoms with Gasteiger partial charge in [0.25, 0.3) is 0 Å². The number of nitrogens with zero attached hydrogens (tertiary/aromatic N) is 1. The van der Waals surface area contributed by atoms with Gasteiger partial charge in [0, 0.05) is 35.6 Å². The number of aliphatic hydroxyl groups excluding tert-OH is 1. The number of hydrogen-bond acceptors (Lipinski definition) is 2. The van der Waals surface area contributed by atoms with Gasteiger partial charge >= 0.3 is 0 Å². The first-order chi connectivity index (χ1) is 11.0. The highest BCUT2D eigenvalue weighted by atomic mass is 16.3. The highest BCUT2D eigenvalue weighted by molar-refractivity contribution is 5.89. The Morgan fingerprint density at radius 2 is 2.17 bits per heavy atom. The van der Waals surface area contributed by atoms with Gasteiger partial charge in [-0.2, -0.15) is 0 Å². The molecule has 2 fully saturated rings. The number of aromatic nitrogens is 1. The lowest BCUT2D eigenvalue weighted by molar-refractivity contribution is -0.130. The van der Waals surface area contributed by atoms with E-state index in [0.29, 0.717) is 18.9 Å². The molecule has 2 aliphatic rings. The van der Waals surface area contributed by atoms with Gasteiger partial charge in [-0.05, 0) is 29.4 Å². The van der Waals surface area contributed by atoms with Crippen LogP contribution in [0.1, 0.15) is 25.8 Å². The number of rotatable bonds is 3. The number of aromatic amines is 1.